The third-order valence-corrected chi connectivity index (χ3v) is 10.9. The number of ether oxygens (including phenoxy) is 4. The Morgan fingerprint density at radius 2 is 1.72 bits per heavy atom. The van der Waals surface area contributed by atoms with Crippen molar-refractivity contribution in [2.75, 3.05) is 40.5 Å². The predicted octanol–water partition coefficient (Wildman–Crippen LogP) is 6.02. The highest BCUT2D eigenvalue weighted by molar-refractivity contribution is 9.10. The number of benzene rings is 1. The van der Waals surface area contributed by atoms with Crippen molar-refractivity contribution >= 4 is 33.3 Å². The van der Waals surface area contributed by atoms with Crippen molar-refractivity contribution in [3.05, 3.63) is 43.9 Å². The summed E-state index contributed by atoms with van der Waals surface area (Å²) < 4.78 is 45.3. The van der Waals surface area contributed by atoms with E-state index in [1.54, 1.807) is 0 Å². The van der Waals surface area contributed by atoms with Gasteiger partial charge in [-0.15, -0.1) is 0 Å². The third-order valence-electron chi connectivity index (χ3n) is 10.1. The van der Waals surface area contributed by atoms with Crippen molar-refractivity contribution < 1.29 is 47.7 Å². The highest BCUT2D eigenvalue weighted by Gasteiger charge is 2.66. The molecule has 2 N–H and O–H groups in total. The number of methoxy groups -OCH3 is 2. The Labute approximate surface area is 281 Å². The molecule has 1 aromatic heterocycles. The molecule has 4 atom stereocenters. The van der Waals surface area contributed by atoms with Crippen LogP contribution >= 0.6 is 15.9 Å². The van der Waals surface area contributed by atoms with Crippen molar-refractivity contribution in [3.8, 4) is 11.6 Å². The van der Waals surface area contributed by atoms with Gasteiger partial charge in [0.2, 0.25) is 11.6 Å². The van der Waals surface area contributed by atoms with Crippen LogP contribution in [0, 0.1) is 17.7 Å². The second-order valence-corrected chi connectivity index (χ2v) is 13.6. The van der Waals surface area contributed by atoms with Gasteiger partial charge in [-0.2, -0.15) is 0 Å². The van der Waals surface area contributed by atoms with Gasteiger partial charge in [-0.1, -0.05) is 26.7 Å². The first-order chi connectivity index (χ1) is 22.6. The average molecular weight is 722 g/mol. The zero-order valence-corrected chi connectivity index (χ0v) is 28.8. The highest BCUT2D eigenvalue weighted by Crippen LogP contribution is 2.58. The molecule has 6 rings (SSSR count). The lowest BCUT2D eigenvalue weighted by atomic mass is 9.57. The monoisotopic (exact) mass is 720 g/mol. The fourth-order valence-electron chi connectivity index (χ4n) is 7.75. The lowest BCUT2D eigenvalue weighted by Crippen LogP contribution is -2.63. The summed E-state index contributed by atoms with van der Waals surface area (Å²) in [5.74, 6) is -4.24. The molecule has 2 heterocycles. The van der Waals surface area contributed by atoms with E-state index in [0.717, 1.165) is 25.7 Å². The third kappa shape index (κ3) is 5.33. The van der Waals surface area contributed by atoms with E-state index in [4.69, 9.17) is 23.5 Å². The molecule has 0 bridgehead atoms. The molecule has 1 aromatic carbocycles. The largest absolute Gasteiger partial charge is 0.507 e. The molecule has 4 aliphatic rings. The number of aliphatic hydroxyl groups is 2. The molecule has 1 saturated carbocycles. The number of ketones is 2. The van der Waals surface area contributed by atoms with Gasteiger partial charge in [0.1, 0.15) is 22.9 Å². The quantitative estimate of drug-likeness (QED) is 0.151. The van der Waals surface area contributed by atoms with E-state index in [1.165, 1.54) is 14.2 Å². The molecule has 13 heteroatoms. The number of nitrogens with zero attached hydrogens (tertiary/aromatic N) is 2. The minimum absolute atomic E-state index is 0.00967. The average Bonchev–Trinajstić information content (AvgIpc) is 3.74. The van der Waals surface area contributed by atoms with Crippen molar-refractivity contribution in [1.82, 2.24) is 10.1 Å². The van der Waals surface area contributed by atoms with E-state index < -0.39 is 52.9 Å². The number of fused-ring (bicyclic) bond motifs is 4. The Hall–Kier alpha value is -2.84. The van der Waals surface area contributed by atoms with Gasteiger partial charge in [0.25, 0.3) is 5.88 Å². The van der Waals surface area contributed by atoms with Gasteiger partial charge in [0.05, 0.1) is 34.9 Å². The number of carbonyl (C=O) groups is 2. The van der Waals surface area contributed by atoms with Gasteiger partial charge in [-0.05, 0) is 78.6 Å². The first kappa shape index (κ1) is 34.0. The van der Waals surface area contributed by atoms with E-state index in [1.807, 2.05) is 13.8 Å². The molecule has 1 aliphatic heterocycles. The van der Waals surface area contributed by atoms with Crippen LogP contribution in [0.15, 0.2) is 14.6 Å². The van der Waals surface area contributed by atoms with Gasteiger partial charge in [0.15, 0.2) is 17.7 Å². The topological polar surface area (TPSA) is 141 Å². The fraction of sp³-hybridized carbons (Fsp3) is 0.618. The number of aliphatic hydroxyl groups excluding tert-OH is 1. The Morgan fingerprint density at radius 1 is 1.06 bits per heavy atom. The van der Waals surface area contributed by atoms with Crippen molar-refractivity contribution in [2.24, 2.45) is 11.8 Å². The van der Waals surface area contributed by atoms with Gasteiger partial charge in [-0.25, -0.2) is 4.39 Å². The Morgan fingerprint density at radius 3 is 2.36 bits per heavy atom. The van der Waals surface area contributed by atoms with E-state index in [2.05, 4.69) is 26.0 Å². The van der Waals surface area contributed by atoms with Crippen LogP contribution in [-0.4, -0.2) is 78.0 Å². The van der Waals surface area contributed by atoms with Crippen molar-refractivity contribution in [3.63, 3.8) is 0 Å². The molecule has 1 saturated heterocycles. The second kappa shape index (κ2) is 13.6. The van der Waals surface area contributed by atoms with E-state index >= 15 is 4.39 Å². The van der Waals surface area contributed by atoms with Crippen LogP contribution in [0.2, 0.25) is 0 Å². The molecule has 3 aliphatic carbocycles. The summed E-state index contributed by atoms with van der Waals surface area (Å²) in [5.41, 5.74) is -2.46. The number of aromatic nitrogens is 1. The number of unbranched alkanes of at least 4 members (excludes halogenated alkanes) is 2. The molecule has 256 valence electrons. The normalized spacial score (nSPS) is 25.6. The molecule has 2 fully saturated rings. The fourth-order valence-corrected chi connectivity index (χ4v) is 8.42. The van der Waals surface area contributed by atoms with Gasteiger partial charge < -0.3 is 33.7 Å². The van der Waals surface area contributed by atoms with Crippen molar-refractivity contribution in [1.29, 1.82) is 0 Å². The molecule has 0 radical (unpaired) electrons. The summed E-state index contributed by atoms with van der Waals surface area (Å²) >= 11 is 3.46. The maximum Gasteiger partial charge on any atom is 0.265 e. The minimum atomic E-state index is -2.53. The van der Waals surface area contributed by atoms with Crippen LogP contribution in [0.1, 0.15) is 104 Å². The molecule has 2 aromatic rings. The lowest BCUT2D eigenvalue weighted by Gasteiger charge is -2.50. The summed E-state index contributed by atoms with van der Waals surface area (Å²) in [6, 6.07) is -0.648. The van der Waals surface area contributed by atoms with Crippen LogP contribution in [0.5, 0.6) is 11.6 Å². The van der Waals surface area contributed by atoms with Crippen LogP contribution in [-0.2, 0) is 20.7 Å². The number of hydrogen-bond acceptors (Lipinski definition) is 11. The number of likely N-dealkylation sites (tertiary alicyclic amines) is 1. The molecular weight excluding hydrogens is 679 g/mol. The number of carbonyl (C=O) groups excluding carboxylic acids is 2. The molecule has 47 heavy (non-hydrogen) atoms. The zero-order valence-electron chi connectivity index (χ0n) is 27.2. The van der Waals surface area contributed by atoms with Gasteiger partial charge >= 0.3 is 0 Å². The van der Waals surface area contributed by atoms with Crippen molar-refractivity contribution in [2.45, 2.75) is 83.1 Å². The molecular formula is C34H42BrFN2O9. The first-order valence-electron chi connectivity index (χ1n) is 16.5. The highest BCUT2D eigenvalue weighted by atomic mass is 79.9. The number of halogens is 2. The Bertz CT molecular complexity index is 1580. The smallest absolute Gasteiger partial charge is 0.265 e. The van der Waals surface area contributed by atoms with Gasteiger partial charge in [-0.3, -0.25) is 14.5 Å². The molecule has 0 amide bonds. The van der Waals surface area contributed by atoms with E-state index in [9.17, 15) is 19.8 Å². The SMILES string of the molecule is CCCCOc1noc2c1C(=O)[C@@]1(O)C(=O)C3=C(O)c4c(c(F)c(C(OC)OC)c(Br)c4OCCCC)C[C@H]3C[C@H]1[C@@H]2N1CCCC1. The van der Waals surface area contributed by atoms with E-state index in [0.29, 0.717) is 25.9 Å². The van der Waals surface area contributed by atoms with Crippen LogP contribution in [0.4, 0.5) is 4.39 Å². The maximum absolute atomic E-state index is 16.5. The summed E-state index contributed by atoms with van der Waals surface area (Å²) in [5, 5.41) is 28.4. The summed E-state index contributed by atoms with van der Waals surface area (Å²) in [6.45, 7) is 5.89. The summed E-state index contributed by atoms with van der Waals surface area (Å²) in [7, 11) is 2.79. The lowest BCUT2D eigenvalue weighted by molar-refractivity contribution is -0.143. The van der Waals surface area contributed by atoms with Crippen LogP contribution < -0.4 is 9.47 Å². The van der Waals surface area contributed by atoms with Gasteiger partial charge in [0, 0.05) is 31.3 Å². The van der Waals surface area contributed by atoms with Crippen LogP contribution in [0.3, 0.4) is 0 Å². The first-order valence-corrected chi connectivity index (χ1v) is 17.3. The minimum Gasteiger partial charge on any atom is -0.507 e. The Kier molecular flexibility index (Phi) is 9.84. The number of hydrogen-bond donors (Lipinski definition) is 2. The second-order valence-electron chi connectivity index (χ2n) is 12.8. The van der Waals surface area contributed by atoms with E-state index in [-0.39, 0.29) is 75.7 Å². The zero-order chi connectivity index (χ0) is 33.6. The number of Topliss-reactive ketones (excluding diaryl/α,β-unsaturated/α-hetero) is 2. The molecule has 0 spiro atoms. The summed E-state index contributed by atoms with van der Waals surface area (Å²) in [4.78, 5) is 31.1. The standard InChI is InChI=1S/C34H42BrFN2O9/c1-5-7-13-45-28-21-18(25(36)22(24(28)35)33(43-3)44-4)15-17-16-19-26(38-11-9-10-12-38)29-23(32(37-47-29)46-14-8-6-2)31(41)34(19,42)30(40)20(17)27(21)39/h17,19,26,33,39,42H,5-16H2,1-4H3/t17-,19-,26-,34-/m0/s1. The summed E-state index contributed by atoms with van der Waals surface area (Å²) in [6.07, 6.45) is 3.91. The predicted molar refractivity (Wildman–Crippen MR) is 171 cm³/mol. The van der Waals surface area contributed by atoms with Crippen LogP contribution in [0.25, 0.3) is 5.76 Å². The number of rotatable bonds is 12. The Balaban J connectivity index is 1.52. The molecule has 0 unspecified atom stereocenters. The maximum atomic E-state index is 16.5. The molecule has 11 nitrogen and oxygen atoms in total.